The van der Waals surface area contributed by atoms with Gasteiger partial charge in [0.05, 0.1) is 12.6 Å². The fourth-order valence-electron chi connectivity index (χ4n) is 1.04. The predicted molar refractivity (Wildman–Crippen MR) is 55.2 cm³/mol. The second kappa shape index (κ2) is 5.20. The minimum absolute atomic E-state index is 0.0485. The minimum atomic E-state index is -0.486. The van der Waals surface area contributed by atoms with E-state index in [2.05, 4.69) is 0 Å². The summed E-state index contributed by atoms with van der Waals surface area (Å²) in [5.74, 6) is 0. The van der Waals surface area contributed by atoms with E-state index in [-0.39, 0.29) is 18.7 Å². The van der Waals surface area contributed by atoms with E-state index in [0.29, 0.717) is 6.54 Å². The summed E-state index contributed by atoms with van der Waals surface area (Å²) in [4.78, 5) is 13.1. The summed E-state index contributed by atoms with van der Waals surface area (Å²) in [7, 11) is 0. The summed E-state index contributed by atoms with van der Waals surface area (Å²) < 4.78 is 5.19. The van der Waals surface area contributed by atoms with Crippen LogP contribution in [0.4, 0.5) is 4.79 Å². The molecular weight excluding hydrogens is 182 g/mol. The Morgan fingerprint density at radius 3 is 2.29 bits per heavy atom. The molecule has 84 valence electrons. The standard InChI is InChI=1S/C10H21NO3/c1-6-11(8(2)7-12)9(13)14-10(3,4)5/h8,12H,6-7H2,1-5H3. The van der Waals surface area contributed by atoms with Crippen molar-refractivity contribution in [1.29, 1.82) is 0 Å². The number of aliphatic hydroxyl groups is 1. The van der Waals surface area contributed by atoms with Gasteiger partial charge in [-0.1, -0.05) is 0 Å². The zero-order valence-electron chi connectivity index (χ0n) is 9.70. The summed E-state index contributed by atoms with van der Waals surface area (Å²) in [5, 5.41) is 8.93. The molecule has 0 aromatic heterocycles. The molecule has 0 radical (unpaired) electrons. The third-order valence-corrected chi connectivity index (χ3v) is 1.76. The van der Waals surface area contributed by atoms with Gasteiger partial charge in [0.25, 0.3) is 0 Å². The molecule has 0 bridgehead atoms. The van der Waals surface area contributed by atoms with Gasteiger partial charge in [0.15, 0.2) is 0 Å². The van der Waals surface area contributed by atoms with Crippen molar-refractivity contribution in [1.82, 2.24) is 4.90 Å². The fourth-order valence-corrected chi connectivity index (χ4v) is 1.04. The van der Waals surface area contributed by atoms with Gasteiger partial charge in [-0.2, -0.15) is 0 Å². The van der Waals surface area contributed by atoms with E-state index in [9.17, 15) is 4.79 Å². The third-order valence-electron chi connectivity index (χ3n) is 1.76. The molecular formula is C10H21NO3. The first kappa shape index (κ1) is 13.2. The molecule has 0 saturated heterocycles. The minimum Gasteiger partial charge on any atom is -0.444 e. The average Bonchev–Trinajstić information content (AvgIpc) is 2.01. The molecule has 0 aliphatic rings. The first-order valence-electron chi connectivity index (χ1n) is 4.92. The molecule has 0 rings (SSSR count). The van der Waals surface area contributed by atoms with Crippen molar-refractivity contribution in [2.75, 3.05) is 13.2 Å². The number of ether oxygens (including phenoxy) is 1. The summed E-state index contributed by atoms with van der Waals surface area (Å²) in [6.07, 6.45) is -0.374. The highest BCUT2D eigenvalue weighted by Crippen LogP contribution is 2.11. The lowest BCUT2D eigenvalue weighted by molar-refractivity contribution is 0.0130. The van der Waals surface area contributed by atoms with Crippen molar-refractivity contribution < 1.29 is 14.6 Å². The van der Waals surface area contributed by atoms with Crippen molar-refractivity contribution in [3.8, 4) is 0 Å². The lowest BCUT2D eigenvalue weighted by atomic mass is 10.2. The van der Waals surface area contributed by atoms with Crippen LogP contribution >= 0.6 is 0 Å². The molecule has 0 fully saturated rings. The van der Waals surface area contributed by atoms with E-state index in [1.807, 2.05) is 27.7 Å². The number of rotatable bonds is 3. The monoisotopic (exact) mass is 203 g/mol. The Kier molecular flexibility index (Phi) is 4.91. The van der Waals surface area contributed by atoms with Crippen LogP contribution in [-0.2, 0) is 4.74 Å². The Labute approximate surface area is 85.9 Å². The first-order valence-corrected chi connectivity index (χ1v) is 4.92. The quantitative estimate of drug-likeness (QED) is 0.758. The summed E-state index contributed by atoms with van der Waals surface area (Å²) in [6, 6.07) is -0.199. The van der Waals surface area contributed by atoms with Crippen LogP contribution in [0.2, 0.25) is 0 Å². The normalized spacial score (nSPS) is 13.6. The van der Waals surface area contributed by atoms with Gasteiger partial charge in [0.2, 0.25) is 0 Å². The second-order valence-electron chi connectivity index (χ2n) is 4.30. The van der Waals surface area contributed by atoms with Gasteiger partial charge in [-0.05, 0) is 34.6 Å². The third kappa shape index (κ3) is 4.46. The van der Waals surface area contributed by atoms with Crippen molar-refractivity contribution in [3.63, 3.8) is 0 Å². The average molecular weight is 203 g/mol. The van der Waals surface area contributed by atoms with Crippen molar-refractivity contribution in [2.24, 2.45) is 0 Å². The molecule has 1 N–H and O–H groups in total. The molecule has 1 amide bonds. The molecule has 14 heavy (non-hydrogen) atoms. The van der Waals surface area contributed by atoms with Crippen LogP contribution < -0.4 is 0 Å². The highest BCUT2D eigenvalue weighted by molar-refractivity contribution is 5.68. The molecule has 1 atom stereocenters. The van der Waals surface area contributed by atoms with Crippen LogP contribution in [0.25, 0.3) is 0 Å². The number of carbonyl (C=O) groups is 1. The Balaban J connectivity index is 4.33. The van der Waals surface area contributed by atoms with Gasteiger partial charge >= 0.3 is 6.09 Å². The van der Waals surface area contributed by atoms with E-state index in [1.165, 1.54) is 4.90 Å². The first-order chi connectivity index (χ1) is 6.31. The van der Waals surface area contributed by atoms with Gasteiger partial charge in [-0.15, -0.1) is 0 Å². The van der Waals surface area contributed by atoms with E-state index in [0.717, 1.165) is 0 Å². The van der Waals surface area contributed by atoms with Crippen LogP contribution in [0.3, 0.4) is 0 Å². The number of hydrogen-bond donors (Lipinski definition) is 1. The number of aliphatic hydroxyl groups excluding tert-OH is 1. The molecule has 0 aromatic rings. The van der Waals surface area contributed by atoms with Gasteiger partial charge in [0.1, 0.15) is 5.60 Å². The molecule has 1 unspecified atom stereocenters. The van der Waals surface area contributed by atoms with E-state index >= 15 is 0 Å². The topological polar surface area (TPSA) is 49.8 Å². The SMILES string of the molecule is CCN(C(=O)OC(C)(C)C)C(C)CO. The molecule has 4 nitrogen and oxygen atoms in total. The smallest absolute Gasteiger partial charge is 0.410 e. The van der Waals surface area contributed by atoms with Crippen LogP contribution in [0.15, 0.2) is 0 Å². The number of hydrogen-bond acceptors (Lipinski definition) is 3. The zero-order valence-corrected chi connectivity index (χ0v) is 9.70. The van der Waals surface area contributed by atoms with Crippen molar-refractivity contribution in [3.05, 3.63) is 0 Å². The lowest BCUT2D eigenvalue weighted by Crippen LogP contribution is -2.43. The van der Waals surface area contributed by atoms with Crippen LogP contribution in [0.1, 0.15) is 34.6 Å². The Morgan fingerprint density at radius 1 is 1.50 bits per heavy atom. The van der Waals surface area contributed by atoms with Gasteiger partial charge in [-0.25, -0.2) is 4.79 Å². The fraction of sp³-hybridized carbons (Fsp3) is 0.900. The summed E-state index contributed by atoms with van der Waals surface area (Å²) in [6.45, 7) is 9.60. The maximum atomic E-state index is 11.6. The molecule has 0 heterocycles. The molecule has 0 aromatic carbocycles. The predicted octanol–water partition coefficient (Wildman–Crippen LogP) is 1.62. The summed E-state index contributed by atoms with van der Waals surface area (Å²) >= 11 is 0. The highest BCUT2D eigenvalue weighted by atomic mass is 16.6. The number of likely N-dealkylation sites (N-methyl/N-ethyl adjacent to an activating group) is 1. The lowest BCUT2D eigenvalue weighted by Gasteiger charge is -2.29. The van der Waals surface area contributed by atoms with Gasteiger partial charge < -0.3 is 14.7 Å². The molecule has 0 aliphatic heterocycles. The molecule has 0 saturated carbocycles. The van der Waals surface area contributed by atoms with Crippen LogP contribution in [0, 0.1) is 0 Å². The second-order valence-corrected chi connectivity index (χ2v) is 4.30. The Hall–Kier alpha value is -0.770. The number of amides is 1. The Morgan fingerprint density at radius 2 is 2.00 bits per heavy atom. The highest BCUT2D eigenvalue weighted by Gasteiger charge is 2.24. The van der Waals surface area contributed by atoms with E-state index in [1.54, 1.807) is 6.92 Å². The molecule has 0 aliphatic carbocycles. The van der Waals surface area contributed by atoms with Crippen molar-refractivity contribution in [2.45, 2.75) is 46.3 Å². The molecule has 4 heteroatoms. The van der Waals surface area contributed by atoms with Crippen molar-refractivity contribution >= 4 is 6.09 Å². The largest absolute Gasteiger partial charge is 0.444 e. The molecule has 0 spiro atoms. The number of carbonyl (C=O) groups excluding carboxylic acids is 1. The summed E-state index contributed by atoms with van der Waals surface area (Å²) in [5.41, 5.74) is -0.486. The van der Waals surface area contributed by atoms with Crippen LogP contribution in [-0.4, -0.2) is 40.9 Å². The van der Waals surface area contributed by atoms with E-state index < -0.39 is 5.60 Å². The number of nitrogens with zero attached hydrogens (tertiary/aromatic N) is 1. The maximum absolute atomic E-state index is 11.6. The Bertz CT molecular complexity index is 186. The van der Waals surface area contributed by atoms with Gasteiger partial charge in [-0.3, -0.25) is 0 Å². The maximum Gasteiger partial charge on any atom is 0.410 e. The van der Waals surface area contributed by atoms with Gasteiger partial charge in [0, 0.05) is 6.54 Å². The van der Waals surface area contributed by atoms with E-state index in [4.69, 9.17) is 9.84 Å². The van der Waals surface area contributed by atoms with Crippen LogP contribution in [0.5, 0.6) is 0 Å². The zero-order chi connectivity index (χ0) is 11.4.